The Balaban J connectivity index is 0. The molecule has 0 aromatic carbocycles. The Morgan fingerprint density at radius 3 is 1.88 bits per heavy atom. The van der Waals surface area contributed by atoms with Crippen LogP contribution in [0.3, 0.4) is 0 Å². The van der Waals surface area contributed by atoms with Gasteiger partial charge in [0.2, 0.25) is 5.78 Å². The van der Waals surface area contributed by atoms with Crippen LogP contribution < -0.4 is 0 Å². The molecule has 0 saturated heterocycles. The van der Waals surface area contributed by atoms with Gasteiger partial charge in [-0.25, -0.2) is 4.79 Å². The number of carboxylic acids is 1. The number of ketones is 1. The molecule has 41 valence electrons. The Labute approximate surface area is 69.4 Å². The van der Waals surface area contributed by atoms with E-state index in [2.05, 4.69) is 6.92 Å². The van der Waals surface area contributed by atoms with E-state index in [1.165, 1.54) is 0 Å². The van der Waals surface area contributed by atoms with Crippen LogP contribution >= 0.6 is 0 Å². The second-order valence-electron chi connectivity index (χ2n) is 0.978. The van der Waals surface area contributed by atoms with Gasteiger partial charge in [0.25, 0.3) is 0 Å². The first kappa shape index (κ1) is 11.0. The number of hydrogen-bond donors (Lipinski definition) is 1. The molecule has 0 spiro atoms. The molecular weight excluding hydrogens is 119 g/mol. The molecule has 0 saturated carbocycles. The predicted molar refractivity (Wildman–Crippen MR) is 29.8 cm³/mol. The topological polar surface area (TPSA) is 54.4 Å². The average molecular weight is 125 g/mol. The molecule has 0 bridgehead atoms. The zero-order chi connectivity index (χ0) is 5.86. The summed E-state index contributed by atoms with van der Waals surface area (Å²) in [7, 11) is 0. The summed E-state index contributed by atoms with van der Waals surface area (Å²) in [6.07, 6.45) is -0.171. The zero-order valence-corrected chi connectivity index (χ0v) is 3.68. The fraction of sp³-hybridized carbons (Fsp3) is 0.250. The molecule has 0 unspecified atom stereocenters. The van der Waals surface area contributed by atoms with E-state index in [0.29, 0.717) is 0 Å². The van der Waals surface area contributed by atoms with Crippen LogP contribution in [0.15, 0.2) is 0 Å². The van der Waals surface area contributed by atoms with Crippen molar-refractivity contribution in [1.29, 1.82) is 0 Å². The predicted octanol–water partition coefficient (Wildman–Crippen LogP) is -0.784. The Bertz CT molecular complexity index is 99.5. The number of carbonyl (C=O) groups excluding carboxylic acids is 1. The van der Waals surface area contributed by atoms with E-state index in [4.69, 9.17) is 5.11 Å². The second kappa shape index (κ2) is 5.28. The maximum atomic E-state index is 9.85. The number of aliphatic carboxylic acids is 1. The van der Waals surface area contributed by atoms with Gasteiger partial charge in [-0.3, -0.25) is 4.79 Å². The maximum absolute atomic E-state index is 9.85. The first-order valence-corrected chi connectivity index (χ1v) is 1.74. The van der Waals surface area contributed by atoms with Gasteiger partial charge in [0.1, 0.15) is 0 Å². The van der Waals surface area contributed by atoms with Gasteiger partial charge < -0.3 is 5.11 Å². The molecule has 1 N–H and O–H groups in total. The molecule has 0 rings (SSSR count). The Kier molecular flexibility index (Phi) is 7.26. The molecule has 3 nitrogen and oxygen atoms in total. The number of rotatable bonds is 2. The normalized spacial score (nSPS) is 7.12. The molecule has 0 atom stereocenters. The molecule has 0 heterocycles. The quantitative estimate of drug-likeness (QED) is 0.389. The summed E-state index contributed by atoms with van der Waals surface area (Å²) >= 11 is 0. The molecular formula is C4H6NaO3. The monoisotopic (exact) mass is 125 g/mol. The van der Waals surface area contributed by atoms with Crippen molar-refractivity contribution in [3.05, 3.63) is 6.92 Å². The third-order valence-electron chi connectivity index (χ3n) is 0.466. The van der Waals surface area contributed by atoms with Gasteiger partial charge in [-0.2, -0.15) is 0 Å². The Hall–Kier alpha value is 0.140. The van der Waals surface area contributed by atoms with E-state index < -0.39 is 11.8 Å². The van der Waals surface area contributed by atoms with Gasteiger partial charge in [-0.05, 0) is 6.92 Å². The fourth-order valence-corrected chi connectivity index (χ4v) is 0.107. The van der Waals surface area contributed by atoms with Crippen molar-refractivity contribution in [1.82, 2.24) is 0 Å². The van der Waals surface area contributed by atoms with Gasteiger partial charge in [0.15, 0.2) is 0 Å². The van der Waals surface area contributed by atoms with Crippen LogP contribution in [0.25, 0.3) is 0 Å². The average Bonchev–Trinajstić information content (AvgIpc) is 1.65. The van der Waals surface area contributed by atoms with Crippen LogP contribution in [0.5, 0.6) is 0 Å². The van der Waals surface area contributed by atoms with Gasteiger partial charge in [-0.15, -0.1) is 0 Å². The first-order valence-electron chi connectivity index (χ1n) is 1.74. The summed E-state index contributed by atoms with van der Waals surface area (Å²) in [4.78, 5) is 19.4. The summed E-state index contributed by atoms with van der Waals surface area (Å²) in [5, 5.41) is 7.79. The van der Waals surface area contributed by atoms with E-state index >= 15 is 0 Å². The van der Waals surface area contributed by atoms with Crippen molar-refractivity contribution in [2.24, 2.45) is 0 Å². The van der Waals surface area contributed by atoms with Crippen molar-refractivity contribution in [2.75, 3.05) is 0 Å². The van der Waals surface area contributed by atoms with E-state index in [1.807, 2.05) is 0 Å². The Morgan fingerprint density at radius 1 is 1.50 bits per heavy atom. The van der Waals surface area contributed by atoms with Crippen molar-refractivity contribution in [3.8, 4) is 0 Å². The van der Waals surface area contributed by atoms with E-state index in [-0.39, 0.29) is 36.0 Å². The van der Waals surface area contributed by atoms with Crippen molar-refractivity contribution in [2.45, 2.75) is 6.42 Å². The summed E-state index contributed by atoms with van der Waals surface area (Å²) in [5.41, 5.74) is 0. The molecule has 4 heteroatoms. The fourth-order valence-electron chi connectivity index (χ4n) is 0.107. The molecule has 0 fully saturated rings. The van der Waals surface area contributed by atoms with Gasteiger partial charge in [0, 0.05) is 6.42 Å². The van der Waals surface area contributed by atoms with Gasteiger partial charge in [-0.1, -0.05) is 0 Å². The molecule has 0 aliphatic rings. The molecule has 0 aliphatic heterocycles. The molecule has 1 radical (unpaired) electrons. The number of carboxylic acid groups (broad SMARTS) is 1. The summed E-state index contributed by atoms with van der Waals surface area (Å²) in [6, 6.07) is 0. The number of hydrogen-bond acceptors (Lipinski definition) is 2. The first-order chi connectivity index (χ1) is 3.18. The number of carbonyl (C=O) groups is 2. The van der Waals surface area contributed by atoms with Crippen LogP contribution in [0.1, 0.15) is 6.42 Å². The minimum atomic E-state index is -1.41. The van der Waals surface area contributed by atoms with Crippen LogP contribution in [-0.4, -0.2) is 46.4 Å². The van der Waals surface area contributed by atoms with Crippen LogP contribution in [0.4, 0.5) is 0 Å². The van der Waals surface area contributed by atoms with E-state index in [1.54, 1.807) is 0 Å². The van der Waals surface area contributed by atoms with Gasteiger partial charge in [0.05, 0.1) is 0 Å². The molecule has 0 aromatic heterocycles. The van der Waals surface area contributed by atoms with E-state index in [9.17, 15) is 9.59 Å². The van der Waals surface area contributed by atoms with Crippen molar-refractivity contribution < 1.29 is 14.7 Å². The minimum absolute atomic E-state index is 0. The third-order valence-corrected chi connectivity index (χ3v) is 0.466. The molecule has 0 amide bonds. The molecule has 8 heavy (non-hydrogen) atoms. The zero-order valence-electron chi connectivity index (χ0n) is 3.68. The van der Waals surface area contributed by atoms with Crippen LogP contribution in [-0.2, 0) is 9.59 Å². The molecule has 0 aliphatic carbocycles. The molecule has 0 aromatic rings. The summed E-state index contributed by atoms with van der Waals surface area (Å²) in [6.45, 7) is 3.08. The summed E-state index contributed by atoms with van der Waals surface area (Å²) in [5.74, 6) is -2.25. The van der Waals surface area contributed by atoms with Crippen LogP contribution in [0, 0.1) is 6.92 Å². The van der Waals surface area contributed by atoms with Crippen molar-refractivity contribution >= 4 is 41.3 Å². The summed E-state index contributed by atoms with van der Waals surface area (Å²) < 4.78 is 0. The van der Waals surface area contributed by atoms with Crippen LogP contribution in [0.2, 0.25) is 0 Å². The SMILES string of the molecule is [CH2]CC(=O)C(=O)O.[NaH]. The third kappa shape index (κ3) is 4.30. The van der Waals surface area contributed by atoms with Crippen molar-refractivity contribution in [3.63, 3.8) is 0 Å². The standard InChI is InChI=1S/C4H5O3.Na.H/c1-2-3(5)4(6)7;;/h1-2H2,(H,6,7);;. The van der Waals surface area contributed by atoms with Gasteiger partial charge >= 0.3 is 35.5 Å². The van der Waals surface area contributed by atoms with E-state index in [0.717, 1.165) is 0 Å². The second-order valence-corrected chi connectivity index (χ2v) is 0.978. The number of Topliss-reactive ketones (excluding diaryl/α,β-unsaturated/α-hetero) is 1. The Morgan fingerprint density at radius 2 is 1.88 bits per heavy atom.